The topological polar surface area (TPSA) is 69.6 Å². The van der Waals surface area contributed by atoms with Gasteiger partial charge in [-0.05, 0) is 19.1 Å². The molecule has 1 rings (SSSR count). The van der Waals surface area contributed by atoms with Crippen LogP contribution >= 0.6 is 0 Å². The SMILES string of the molecule is CC(NC(=O)N(C)CCC(=O)O)c1c(F)cccc1F. The van der Waals surface area contributed by atoms with Gasteiger partial charge in [-0.15, -0.1) is 0 Å². The van der Waals surface area contributed by atoms with Crippen LogP contribution < -0.4 is 5.32 Å². The van der Waals surface area contributed by atoms with E-state index in [4.69, 9.17) is 5.11 Å². The van der Waals surface area contributed by atoms with Gasteiger partial charge in [0.05, 0.1) is 12.5 Å². The van der Waals surface area contributed by atoms with Crippen LogP contribution in [0.2, 0.25) is 0 Å². The third-order valence-electron chi connectivity index (χ3n) is 2.78. The quantitative estimate of drug-likeness (QED) is 0.871. The van der Waals surface area contributed by atoms with E-state index < -0.39 is 29.7 Å². The minimum Gasteiger partial charge on any atom is -0.481 e. The molecule has 7 heteroatoms. The molecule has 1 aromatic rings. The number of carbonyl (C=O) groups is 2. The van der Waals surface area contributed by atoms with Crippen molar-refractivity contribution in [1.29, 1.82) is 0 Å². The molecule has 0 aliphatic heterocycles. The number of amides is 2. The zero-order valence-electron chi connectivity index (χ0n) is 11.2. The first kappa shape index (κ1) is 15.9. The van der Waals surface area contributed by atoms with Gasteiger partial charge in [0.15, 0.2) is 0 Å². The Hall–Kier alpha value is -2.18. The summed E-state index contributed by atoms with van der Waals surface area (Å²) in [7, 11) is 1.41. The van der Waals surface area contributed by atoms with Crippen LogP contribution in [0.15, 0.2) is 18.2 Å². The van der Waals surface area contributed by atoms with Crippen molar-refractivity contribution in [3.8, 4) is 0 Å². The summed E-state index contributed by atoms with van der Waals surface area (Å²) in [5, 5.41) is 10.9. The Labute approximate surface area is 115 Å². The van der Waals surface area contributed by atoms with Crippen molar-refractivity contribution in [1.82, 2.24) is 10.2 Å². The predicted molar refractivity (Wildman–Crippen MR) is 68.2 cm³/mol. The number of nitrogens with zero attached hydrogens (tertiary/aromatic N) is 1. The summed E-state index contributed by atoms with van der Waals surface area (Å²) in [5.74, 6) is -2.52. The number of carboxylic acids is 1. The van der Waals surface area contributed by atoms with E-state index in [1.807, 2.05) is 0 Å². The number of benzene rings is 1. The van der Waals surface area contributed by atoms with Crippen LogP contribution in [-0.2, 0) is 4.79 Å². The molecule has 0 heterocycles. The number of carbonyl (C=O) groups excluding carboxylic acids is 1. The molecular weight excluding hydrogens is 270 g/mol. The van der Waals surface area contributed by atoms with Gasteiger partial charge < -0.3 is 15.3 Å². The number of hydrogen-bond donors (Lipinski definition) is 2. The molecule has 0 saturated carbocycles. The molecule has 20 heavy (non-hydrogen) atoms. The fourth-order valence-electron chi connectivity index (χ4n) is 1.66. The first-order chi connectivity index (χ1) is 9.32. The molecule has 0 aromatic heterocycles. The van der Waals surface area contributed by atoms with Crippen LogP contribution in [0.25, 0.3) is 0 Å². The number of nitrogens with one attached hydrogen (secondary N) is 1. The smallest absolute Gasteiger partial charge is 0.317 e. The van der Waals surface area contributed by atoms with Crippen LogP contribution in [-0.4, -0.2) is 35.6 Å². The van der Waals surface area contributed by atoms with Crippen LogP contribution in [0.3, 0.4) is 0 Å². The Morgan fingerprint density at radius 3 is 2.40 bits per heavy atom. The molecule has 2 N–H and O–H groups in total. The van der Waals surface area contributed by atoms with Crippen molar-refractivity contribution in [3.63, 3.8) is 0 Å². The molecule has 2 amide bonds. The normalized spacial score (nSPS) is 11.8. The number of rotatable bonds is 5. The Kier molecular flexibility index (Phi) is 5.42. The van der Waals surface area contributed by atoms with E-state index in [0.717, 1.165) is 17.0 Å². The Bertz CT molecular complexity index is 488. The summed E-state index contributed by atoms with van der Waals surface area (Å²) in [4.78, 5) is 23.3. The van der Waals surface area contributed by atoms with Gasteiger partial charge in [-0.2, -0.15) is 0 Å². The van der Waals surface area contributed by atoms with Gasteiger partial charge in [0.25, 0.3) is 0 Å². The zero-order chi connectivity index (χ0) is 15.3. The second-order valence-corrected chi connectivity index (χ2v) is 4.37. The van der Waals surface area contributed by atoms with Gasteiger partial charge in [-0.3, -0.25) is 4.79 Å². The maximum absolute atomic E-state index is 13.5. The van der Waals surface area contributed by atoms with Gasteiger partial charge in [0.1, 0.15) is 11.6 Å². The first-order valence-electron chi connectivity index (χ1n) is 6.00. The van der Waals surface area contributed by atoms with Crippen molar-refractivity contribution < 1.29 is 23.5 Å². The highest BCUT2D eigenvalue weighted by atomic mass is 19.1. The molecule has 0 radical (unpaired) electrons. The molecule has 110 valence electrons. The van der Waals surface area contributed by atoms with Crippen LogP contribution in [0.4, 0.5) is 13.6 Å². The highest BCUT2D eigenvalue weighted by Gasteiger charge is 2.19. The van der Waals surface area contributed by atoms with Crippen molar-refractivity contribution >= 4 is 12.0 Å². The predicted octanol–water partition coefficient (Wildman–Crippen LogP) is 2.14. The molecule has 1 unspecified atom stereocenters. The summed E-state index contributed by atoms with van der Waals surface area (Å²) < 4.78 is 27.0. The van der Waals surface area contributed by atoms with E-state index in [-0.39, 0.29) is 18.5 Å². The number of urea groups is 1. The number of aliphatic carboxylic acids is 1. The lowest BCUT2D eigenvalue weighted by atomic mass is 10.1. The minimum absolute atomic E-state index is 0.00758. The molecule has 0 saturated heterocycles. The standard InChI is InChI=1S/C13H16F2N2O3/c1-8(12-9(14)4-3-5-10(12)15)16-13(20)17(2)7-6-11(18)19/h3-5,8H,6-7H2,1-2H3,(H,16,20)(H,18,19). The van der Waals surface area contributed by atoms with Gasteiger partial charge in [0, 0.05) is 19.2 Å². The Morgan fingerprint density at radius 1 is 1.35 bits per heavy atom. The van der Waals surface area contributed by atoms with E-state index in [0.29, 0.717) is 0 Å². The lowest BCUT2D eigenvalue weighted by molar-refractivity contribution is -0.137. The molecular formula is C13H16F2N2O3. The number of carboxylic acid groups (broad SMARTS) is 1. The van der Waals surface area contributed by atoms with Gasteiger partial charge in [0.2, 0.25) is 0 Å². The van der Waals surface area contributed by atoms with Crippen molar-refractivity contribution in [2.24, 2.45) is 0 Å². The summed E-state index contributed by atoms with van der Waals surface area (Å²) in [6.45, 7) is 1.46. The fourth-order valence-corrected chi connectivity index (χ4v) is 1.66. The van der Waals surface area contributed by atoms with Crippen LogP contribution in [0, 0.1) is 11.6 Å². The molecule has 0 bridgehead atoms. The Balaban J connectivity index is 2.68. The molecule has 0 spiro atoms. The third kappa shape index (κ3) is 4.18. The van der Waals surface area contributed by atoms with E-state index >= 15 is 0 Å². The van der Waals surface area contributed by atoms with E-state index in [1.165, 1.54) is 20.0 Å². The monoisotopic (exact) mass is 286 g/mol. The number of hydrogen-bond acceptors (Lipinski definition) is 2. The second-order valence-electron chi connectivity index (χ2n) is 4.37. The lowest BCUT2D eigenvalue weighted by Gasteiger charge is -2.21. The maximum atomic E-state index is 13.5. The molecule has 0 fully saturated rings. The maximum Gasteiger partial charge on any atom is 0.317 e. The van der Waals surface area contributed by atoms with Gasteiger partial charge >= 0.3 is 12.0 Å². The summed E-state index contributed by atoms with van der Waals surface area (Å²) in [6, 6.07) is 1.99. The molecule has 0 aliphatic carbocycles. The summed E-state index contributed by atoms with van der Waals surface area (Å²) in [6.07, 6.45) is -0.202. The minimum atomic E-state index is -1.03. The molecule has 1 aromatic carbocycles. The summed E-state index contributed by atoms with van der Waals surface area (Å²) in [5.41, 5.74) is -0.229. The fraction of sp³-hybridized carbons (Fsp3) is 0.385. The molecule has 5 nitrogen and oxygen atoms in total. The average Bonchev–Trinajstić information content (AvgIpc) is 2.35. The highest BCUT2D eigenvalue weighted by molar-refractivity contribution is 5.75. The Morgan fingerprint density at radius 2 is 1.90 bits per heavy atom. The largest absolute Gasteiger partial charge is 0.481 e. The highest BCUT2D eigenvalue weighted by Crippen LogP contribution is 2.20. The lowest BCUT2D eigenvalue weighted by Crippen LogP contribution is -2.40. The average molecular weight is 286 g/mol. The van der Waals surface area contributed by atoms with Crippen LogP contribution in [0.5, 0.6) is 0 Å². The molecule has 0 aliphatic rings. The van der Waals surface area contributed by atoms with E-state index in [2.05, 4.69) is 5.32 Å². The van der Waals surface area contributed by atoms with Gasteiger partial charge in [-0.25, -0.2) is 13.6 Å². The van der Waals surface area contributed by atoms with Crippen LogP contribution in [0.1, 0.15) is 24.9 Å². The third-order valence-corrected chi connectivity index (χ3v) is 2.78. The van der Waals surface area contributed by atoms with Gasteiger partial charge in [-0.1, -0.05) is 6.07 Å². The molecule has 1 atom stereocenters. The first-order valence-corrected chi connectivity index (χ1v) is 6.00. The van der Waals surface area contributed by atoms with Crippen molar-refractivity contribution in [2.75, 3.05) is 13.6 Å². The second kappa shape index (κ2) is 6.83. The van der Waals surface area contributed by atoms with E-state index in [1.54, 1.807) is 0 Å². The van der Waals surface area contributed by atoms with E-state index in [9.17, 15) is 18.4 Å². The van der Waals surface area contributed by atoms with Crippen molar-refractivity contribution in [3.05, 3.63) is 35.4 Å². The zero-order valence-corrected chi connectivity index (χ0v) is 11.2. The number of halogens is 2. The van der Waals surface area contributed by atoms with Crippen molar-refractivity contribution in [2.45, 2.75) is 19.4 Å². The summed E-state index contributed by atoms with van der Waals surface area (Å²) >= 11 is 0.